The molecular formula is C8H18N2. The Bertz CT molecular complexity index is 103. The lowest BCUT2D eigenvalue weighted by molar-refractivity contribution is 0.251. The average Bonchev–Trinajstić information content (AvgIpc) is 2.30. The summed E-state index contributed by atoms with van der Waals surface area (Å²) in [6.45, 7) is 6.79. The molecule has 1 saturated heterocycles. The molecule has 0 radical (unpaired) electrons. The molecule has 1 aliphatic heterocycles. The largest absolute Gasteiger partial charge is 0.326 e. The number of hydrogen-bond donors (Lipinski definition) is 1. The van der Waals surface area contributed by atoms with Gasteiger partial charge in [0.1, 0.15) is 0 Å². The monoisotopic (exact) mass is 142 g/mol. The lowest BCUT2D eigenvalue weighted by Crippen LogP contribution is -2.38. The Labute approximate surface area is 63.4 Å². The highest BCUT2D eigenvalue weighted by Gasteiger charge is 2.28. The van der Waals surface area contributed by atoms with E-state index < -0.39 is 0 Å². The summed E-state index contributed by atoms with van der Waals surface area (Å²) in [6, 6.07) is 1.09. The second-order valence-electron chi connectivity index (χ2n) is 3.06. The van der Waals surface area contributed by atoms with Crippen molar-refractivity contribution in [2.75, 3.05) is 13.1 Å². The van der Waals surface area contributed by atoms with Crippen LogP contribution in [0.4, 0.5) is 0 Å². The molecule has 10 heavy (non-hydrogen) atoms. The fourth-order valence-electron chi connectivity index (χ4n) is 1.90. The molecule has 1 fully saturated rings. The molecular weight excluding hydrogens is 124 g/mol. The van der Waals surface area contributed by atoms with Crippen LogP contribution in [0.3, 0.4) is 0 Å². The number of nitrogens with two attached hydrogens (primary N) is 1. The first-order chi connectivity index (χ1) is 4.79. The molecule has 2 atom stereocenters. The number of likely N-dealkylation sites (tertiary alicyclic amines) is 1. The minimum Gasteiger partial charge on any atom is -0.326 e. The molecule has 1 rings (SSSR count). The van der Waals surface area contributed by atoms with Gasteiger partial charge < -0.3 is 5.73 Å². The average molecular weight is 142 g/mol. The van der Waals surface area contributed by atoms with E-state index in [2.05, 4.69) is 18.7 Å². The second kappa shape index (κ2) is 3.35. The van der Waals surface area contributed by atoms with Gasteiger partial charge in [0.05, 0.1) is 0 Å². The highest BCUT2D eigenvalue weighted by atomic mass is 15.2. The summed E-state index contributed by atoms with van der Waals surface area (Å²) >= 11 is 0. The first kappa shape index (κ1) is 8.02. The number of rotatable bonds is 2. The van der Waals surface area contributed by atoms with E-state index in [0.29, 0.717) is 12.1 Å². The van der Waals surface area contributed by atoms with E-state index in [1.165, 1.54) is 19.4 Å². The van der Waals surface area contributed by atoms with E-state index in [9.17, 15) is 0 Å². The zero-order valence-electron chi connectivity index (χ0n) is 7.01. The molecule has 0 aliphatic carbocycles. The molecule has 0 amide bonds. The molecule has 60 valence electrons. The van der Waals surface area contributed by atoms with Crippen LogP contribution in [0.25, 0.3) is 0 Å². The lowest BCUT2D eigenvalue weighted by atomic mass is 10.1. The van der Waals surface area contributed by atoms with Crippen LogP contribution in [0.1, 0.15) is 26.7 Å². The normalized spacial score (nSPS) is 35.1. The number of likely N-dealkylation sites (N-methyl/N-ethyl adjacent to an activating group) is 1. The third-order valence-corrected chi connectivity index (χ3v) is 2.54. The van der Waals surface area contributed by atoms with Crippen LogP contribution < -0.4 is 5.73 Å². The van der Waals surface area contributed by atoms with Crippen molar-refractivity contribution in [1.29, 1.82) is 0 Å². The minimum atomic E-state index is 0.435. The molecule has 2 heteroatoms. The van der Waals surface area contributed by atoms with Crippen LogP contribution in [-0.4, -0.2) is 30.1 Å². The van der Waals surface area contributed by atoms with Crippen molar-refractivity contribution in [1.82, 2.24) is 4.90 Å². The lowest BCUT2D eigenvalue weighted by Gasteiger charge is -2.23. The van der Waals surface area contributed by atoms with Crippen LogP contribution in [0.2, 0.25) is 0 Å². The predicted molar refractivity (Wildman–Crippen MR) is 43.9 cm³/mol. The molecule has 2 N–H and O–H groups in total. The molecule has 0 bridgehead atoms. The molecule has 0 unspecified atom stereocenters. The zero-order chi connectivity index (χ0) is 7.56. The van der Waals surface area contributed by atoms with Gasteiger partial charge in [-0.15, -0.1) is 0 Å². The third kappa shape index (κ3) is 1.32. The third-order valence-electron chi connectivity index (χ3n) is 2.54. The van der Waals surface area contributed by atoms with Gasteiger partial charge in [0, 0.05) is 18.6 Å². The smallest absolute Gasteiger partial charge is 0.0244 e. The van der Waals surface area contributed by atoms with Gasteiger partial charge in [-0.2, -0.15) is 0 Å². The van der Waals surface area contributed by atoms with Crippen LogP contribution in [0.15, 0.2) is 0 Å². The van der Waals surface area contributed by atoms with Crippen LogP contribution in [0.5, 0.6) is 0 Å². The fraction of sp³-hybridized carbons (Fsp3) is 1.00. The van der Waals surface area contributed by atoms with E-state index >= 15 is 0 Å². The van der Waals surface area contributed by atoms with Gasteiger partial charge in [-0.1, -0.05) is 13.8 Å². The summed E-state index contributed by atoms with van der Waals surface area (Å²) in [5, 5.41) is 0. The maximum atomic E-state index is 5.91. The molecule has 0 aromatic rings. The quantitative estimate of drug-likeness (QED) is 0.618. The number of nitrogens with zero attached hydrogens (tertiary/aromatic N) is 1. The van der Waals surface area contributed by atoms with Gasteiger partial charge in [0.25, 0.3) is 0 Å². The second-order valence-corrected chi connectivity index (χ2v) is 3.06. The van der Waals surface area contributed by atoms with Crippen molar-refractivity contribution in [3.63, 3.8) is 0 Å². The van der Waals surface area contributed by atoms with Crippen molar-refractivity contribution in [2.24, 2.45) is 5.73 Å². The van der Waals surface area contributed by atoms with Gasteiger partial charge in [-0.05, 0) is 19.4 Å². The summed E-state index contributed by atoms with van der Waals surface area (Å²) in [6.07, 6.45) is 2.39. The maximum Gasteiger partial charge on any atom is 0.0244 e. The van der Waals surface area contributed by atoms with E-state index in [0.717, 1.165) is 6.54 Å². The maximum absolute atomic E-state index is 5.91. The summed E-state index contributed by atoms with van der Waals surface area (Å²) in [7, 11) is 0. The molecule has 1 aliphatic rings. The minimum absolute atomic E-state index is 0.435. The Kier molecular flexibility index (Phi) is 2.69. The molecule has 0 spiro atoms. The SMILES string of the molecule is CC[C@@H]1[C@H](N)CCN1CC. The van der Waals surface area contributed by atoms with Gasteiger partial charge in [0.15, 0.2) is 0 Å². The standard InChI is InChI=1S/C8H18N2/c1-3-8-7(9)5-6-10(8)4-2/h7-8H,3-6,9H2,1-2H3/t7-,8-/m1/s1. The summed E-state index contributed by atoms with van der Waals surface area (Å²) in [4.78, 5) is 2.48. The Morgan fingerprint density at radius 2 is 2.20 bits per heavy atom. The first-order valence-electron chi connectivity index (χ1n) is 4.29. The summed E-state index contributed by atoms with van der Waals surface area (Å²) in [5.74, 6) is 0. The Balaban J connectivity index is 2.45. The van der Waals surface area contributed by atoms with E-state index in [4.69, 9.17) is 5.73 Å². The molecule has 2 nitrogen and oxygen atoms in total. The molecule has 0 saturated carbocycles. The van der Waals surface area contributed by atoms with E-state index in [1.807, 2.05) is 0 Å². The Morgan fingerprint density at radius 3 is 2.60 bits per heavy atom. The first-order valence-corrected chi connectivity index (χ1v) is 4.29. The van der Waals surface area contributed by atoms with Gasteiger partial charge in [-0.3, -0.25) is 4.90 Å². The highest BCUT2D eigenvalue weighted by molar-refractivity contribution is 4.87. The Morgan fingerprint density at radius 1 is 1.50 bits per heavy atom. The molecule has 0 aromatic heterocycles. The zero-order valence-corrected chi connectivity index (χ0v) is 7.01. The van der Waals surface area contributed by atoms with Crippen molar-refractivity contribution in [3.05, 3.63) is 0 Å². The van der Waals surface area contributed by atoms with E-state index in [-0.39, 0.29) is 0 Å². The van der Waals surface area contributed by atoms with Gasteiger partial charge in [0.2, 0.25) is 0 Å². The van der Waals surface area contributed by atoms with Gasteiger partial charge in [-0.25, -0.2) is 0 Å². The van der Waals surface area contributed by atoms with Gasteiger partial charge >= 0.3 is 0 Å². The highest BCUT2D eigenvalue weighted by Crippen LogP contribution is 2.17. The van der Waals surface area contributed by atoms with Crippen LogP contribution >= 0.6 is 0 Å². The van der Waals surface area contributed by atoms with Crippen LogP contribution in [0, 0.1) is 0 Å². The molecule has 1 heterocycles. The fourth-order valence-corrected chi connectivity index (χ4v) is 1.90. The Hall–Kier alpha value is -0.0800. The van der Waals surface area contributed by atoms with Crippen molar-refractivity contribution < 1.29 is 0 Å². The summed E-state index contributed by atoms with van der Waals surface area (Å²) in [5.41, 5.74) is 5.91. The molecule has 0 aromatic carbocycles. The van der Waals surface area contributed by atoms with Crippen LogP contribution in [-0.2, 0) is 0 Å². The predicted octanol–water partition coefficient (Wildman–Crippen LogP) is 0.818. The summed E-state index contributed by atoms with van der Waals surface area (Å²) < 4.78 is 0. The topological polar surface area (TPSA) is 29.3 Å². The van der Waals surface area contributed by atoms with E-state index in [1.54, 1.807) is 0 Å². The van der Waals surface area contributed by atoms with Crippen molar-refractivity contribution in [2.45, 2.75) is 38.8 Å². The number of hydrogen-bond acceptors (Lipinski definition) is 2. The van der Waals surface area contributed by atoms with Crippen molar-refractivity contribution >= 4 is 0 Å². The van der Waals surface area contributed by atoms with Crippen molar-refractivity contribution in [3.8, 4) is 0 Å².